The van der Waals surface area contributed by atoms with E-state index in [1.54, 1.807) is 7.11 Å². The molecule has 0 heterocycles. The van der Waals surface area contributed by atoms with E-state index in [1.807, 2.05) is 30.3 Å². The van der Waals surface area contributed by atoms with Crippen molar-refractivity contribution in [3.05, 3.63) is 35.9 Å². The summed E-state index contributed by atoms with van der Waals surface area (Å²) in [7, 11) is 1.72. The van der Waals surface area contributed by atoms with E-state index in [2.05, 4.69) is 19.2 Å². The molecule has 1 aliphatic carbocycles. The van der Waals surface area contributed by atoms with Crippen molar-refractivity contribution in [3.8, 4) is 0 Å². The Bertz CT molecular complexity index is 473. The number of ether oxygens (including phenoxy) is 1. The standard InChI is InChI=1S/C17H26N2O2/c1-17(2)14(10-15(17)21-3)19-16(20)13(11-18)9-12-7-5-4-6-8-12/h4-8,13-15H,9-11,18H2,1-3H3,(H,19,20). The molecule has 4 heteroatoms. The molecule has 21 heavy (non-hydrogen) atoms. The summed E-state index contributed by atoms with van der Waals surface area (Å²) in [5.74, 6) is -0.126. The van der Waals surface area contributed by atoms with Crippen molar-refractivity contribution >= 4 is 5.91 Å². The molecule has 0 aliphatic heterocycles. The first-order valence-electron chi connectivity index (χ1n) is 7.56. The van der Waals surface area contributed by atoms with Crippen LogP contribution in [0.15, 0.2) is 30.3 Å². The van der Waals surface area contributed by atoms with Gasteiger partial charge < -0.3 is 15.8 Å². The fourth-order valence-corrected chi connectivity index (χ4v) is 3.00. The van der Waals surface area contributed by atoms with Gasteiger partial charge in [-0.25, -0.2) is 0 Å². The average molecular weight is 290 g/mol. The number of benzene rings is 1. The van der Waals surface area contributed by atoms with E-state index in [4.69, 9.17) is 10.5 Å². The molecule has 1 saturated carbocycles. The van der Waals surface area contributed by atoms with Crippen molar-refractivity contribution in [2.24, 2.45) is 17.1 Å². The Hall–Kier alpha value is -1.39. The molecule has 1 aromatic carbocycles. The van der Waals surface area contributed by atoms with Crippen LogP contribution in [0.3, 0.4) is 0 Å². The summed E-state index contributed by atoms with van der Waals surface area (Å²) in [5, 5.41) is 3.14. The first kappa shape index (κ1) is 16.0. The van der Waals surface area contributed by atoms with Gasteiger partial charge in [0.2, 0.25) is 5.91 Å². The van der Waals surface area contributed by atoms with Crippen LogP contribution < -0.4 is 11.1 Å². The Morgan fingerprint density at radius 2 is 2.10 bits per heavy atom. The first-order valence-corrected chi connectivity index (χ1v) is 7.56. The van der Waals surface area contributed by atoms with Gasteiger partial charge in [0.25, 0.3) is 0 Å². The van der Waals surface area contributed by atoms with E-state index in [0.717, 1.165) is 12.0 Å². The minimum absolute atomic E-state index is 0.0176. The molecule has 0 saturated heterocycles. The topological polar surface area (TPSA) is 64.3 Å². The third-order valence-electron chi connectivity index (χ3n) is 4.76. The van der Waals surface area contributed by atoms with Crippen molar-refractivity contribution in [2.45, 2.75) is 38.8 Å². The van der Waals surface area contributed by atoms with Crippen LogP contribution in [0, 0.1) is 11.3 Å². The Balaban J connectivity index is 1.92. The van der Waals surface area contributed by atoms with Crippen molar-refractivity contribution in [2.75, 3.05) is 13.7 Å². The van der Waals surface area contributed by atoms with Gasteiger partial charge in [-0.1, -0.05) is 44.2 Å². The molecule has 1 aromatic rings. The summed E-state index contributed by atoms with van der Waals surface area (Å²) in [6.07, 6.45) is 1.77. The summed E-state index contributed by atoms with van der Waals surface area (Å²) in [6.45, 7) is 4.62. The lowest BCUT2D eigenvalue weighted by Crippen LogP contribution is -2.62. The average Bonchev–Trinajstić information content (AvgIpc) is 2.49. The highest BCUT2D eigenvalue weighted by Gasteiger charge is 2.49. The normalized spacial score (nSPS) is 25.0. The van der Waals surface area contributed by atoms with E-state index >= 15 is 0 Å². The van der Waals surface area contributed by atoms with E-state index < -0.39 is 0 Å². The molecule has 1 fully saturated rings. The summed E-state index contributed by atoms with van der Waals surface area (Å²) >= 11 is 0. The number of hydrogen-bond acceptors (Lipinski definition) is 3. The zero-order chi connectivity index (χ0) is 15.5. The van der Waals surface area contributed by atoms with Crippen LogP contribution in [-0.4, -0.2) is 31.7 Å². The van der Waals surface area contributed by atoms with Gasteiger partial charge >= 0.3 is 0 Å². The van der Waals surface area contributed by atoms with Crippen molar-refractivity contribution < 1.29 is 9.53 Å². The highest BCUT2D eigenvalue weighted by Crippen LogP contribution is 2.42. The van der Waals surface area contributed by atoms with Crippen molar-refractivity contribution in [1.29, 1.82) is 0 Å². The van der Waals surface area contributed by atoms with E-state index in [1.165, 1.54) is 0 Å². The Morgan fingerprint density at radius 3 is 2.62 bits per heavy atom. The van der Waals surface area contributed by atoms with Gasteiger partial charge in [-0.3, -0.25) is 4.79 Å². The maximum Gasteiger partial charge on any atom is 0.224 e. The molecule has 1 amide bonds. The maximum atomic E-state index is 12.4. The molecule has 3 N–H and O–H groups in total. The van der Waals surface area contributed by atoms with E-state index in [0.29, 0.717) is 13.0 Å². The SMILES string of the molecule is COC1CC(NC(=O)C(CN)Cc2ccccc2)C1(C)C. The minimum atomic E-state index is -0.176. The van der Waals surface area contributed by atoms with Gasteiger partial charge in [-0.2, -0.15) is 0 Å². The number of nitrogens with one attached hydrogen (secondary N) is 1. The van der Waals surface area contributed by atoms with Crippen LogP contribution in [0.5, 0.6) is 0 Å². The van der Waals surface area contributed by atoms with E-state index in [9.17, 15) is 4.79 Å². The Morgan fingerprint density at radius 1 is 1.43 bits per heavy atom. The first-order chi connectivity index (χ1) is 9.98. The number of rotatable bonds is 6. The van der Waals surface area contributed by atoms with Crippen LogP contribution in [0.1, 0.15) is 25.8 Å². The molecule has 0 spiro atoms. The van der Waals surface area contributed by atoms with Crippen molar-refractivity contribution in [3.63, 3.8) is 0 Å². The fraction of sp³-hybridized carbons (Fsp3) is 0.588. The third-order valence-corrected chi connectivity index (χ3v) is 4.76. The summed E-state index contributed by atoms with van der Waals surface area (Å²) in [5.41, 5.74) is 6.92. The van der Waals surface area contributed by atoms with E-state index in [-0.39, 0.29) is 29.4 Å². The molecule has 3 unspecified atom stereocenters. The number of carbonyl (C=O) groups excluding carboxylic acids is 1. The van der Waals surface area contributed by atoms with Crippen molar-refractivity contribution in [1.82, 2.24) is 5.32 Å². The van der Waals surface area contributed by atoms with Gasteiger partial charge in [0.1, 0.15) is 0 Å². The predicted octanol–water partition coefficient (Wildman–Crippen LogP) is 1.73. The number of nitrogens with two attached hydrogens (primary N) is 1. The molecule has 2 rings (SSSR count). The predicted molar refractivity (Wildman–Crippen MR) is 83.8 cm³/mol. The fourth-order valence-electron chi connectivity index (χ4n) is 3.00. The molecule has 116 valence electrons. The zero-order valence-corrected chi connectivity index (χ0v) is 13.1. The molecule has 0 radical (unpaired) electrons. The molecule has 1 aliphatic rings. The lowest BCUT2D eigenvalue weighted by molar-refractivity contribution is -0.135. The Kier molecular flexibility index (Phi) is 5.01. The van der Waals surface area contributed by atoms with Gasteiger partial charge in [0, 0.05) is 25.1 Å². The number of methoxy groups -OCH3 is 1. The van der Waals surface area contributed by atoms with Crippen LogP contribution in [-0.2, 0) is 16.0 Å². The maximum absolute atomic E-state index is 12.4. The minimum Gasteiger partial charge on any atom is -0.381 e. The molecule has 0 aromatic heterocycles. The third kappa shape index (κ3) is 3.44. The smallest absolute Gasteiger partial charge is 0.224 e. The summed E-state index contributed by atoms with van der Waals surface area (Å²) in [4.78, 5) is 12.4. The molecular formula is C17H26N2O2. The number of carbonyl (C=O) groups is 1. The monoisotopic (exact) mass is 290 g/mol. The summed E-state index contributed by atoms with van der Waals surface area (Å²) in [6, 6.07) is 10.2. The second-order valence-electron chi connectivity index (χ2n) is 6.46. The quantitative estimate of drug-likeness (QED) is 0.838. The highest BCUT2D eigenvalue weighted by atomic mass is 16.5. The molecule has 3 atom stereocenters. The summed E-state index contributed by atoms with van der Waals surface area (Å²) < 4.78 is 5.42. The van der Waals surface area contributed by atoms with Gasteiger partial charge in [0.05, 0.1) is 12.0 Å². The molecule has 0 bridgehead atoms. The Labute approximate surface area is 127 Å². The number of amides is 1. The lowest BCUT2D eigenvalue weighted by atomic mass is 9.64. The van der Waals surface area contributed by atoms with Gasteiger partial charge in [0.15, 0.2) is 0 Å². The van der Waals surface area contributed by atoms with Crippen LogP contribution in [0.4, 0.5) is 0 Å². The van der Waals surface area contributed by atoms with Crippen LogP contribution in [0.2, 0.25) is 0 Å². The zero-order valence-electron chi connectivity index (χ0n) is 13.1. The lowest BCUT2D eigenvalue weighted by Gasteiger charge is -2.51. The second-order valence-corrected chi connectivity index (χ2v) is 6.46. The molecular weight excluding hydrogens is 264 g/mol. The second kappa shape index (κ2) is 6.58. The van der Waals surface area contributed by atoms with Crippen LogP contribution >= 0.6 is 0 Å². The number of hydrogen-bond donors (Lipinski definition) is 2. The van der Waals surface area contributed by atoms with Gasteiger partial charge in [-0.15, -0.1) is 0 Å². The van der Waals surface area contributed by atoms with Crippen LogP contribution in [0.25, 0.3) is 0 Å². The van der Waals surface area contributed by atoms with Gasteiger partial charge in [-0.05, 0) is 18.4 Å². The largest absolute Gasteiger partial charge is 0.381 e. The molecule has 4 nitrogen and oxygen atoms in total. The highest BCUT2D eigenvalue weighted by molar-refractivity contribution is 5.79.